The van der Waals surface area contributed by atoms with E-state index in [0.29, 0.717) is 0 Å². The molecule has 1 N–H and O–H groups in total. The summed E-state index contributed by atoms with van der Waals surface area (Å²) in [6.07, 6.45) is 0.768. The second-order valence-corrected chi connectivity index (χ2v) is 9.78. The molecule has 0 saturated heterocycles. The zero-order valence-corrected chi connectivity index (χ0v) is 21.0. The molecule has 38 heavy (non-hydrogen) atoms. The Bertz CT molecular complexity index is 1570. The Balaban J connectivity index is 1.56. The molecule has 0 aromatic heterocycles. The fourth-order valence-corrected chi connectivity index (χ4v) is 5.87. The maximum Gasteiger partial charge on any atom is 0.168 e. The first kappa shape index (κ1) is 22.4. The van der Waals surface area contributed by atoms with Gasteiger partial charge in [-0.2, -0.15) is 5.10 Å². The molecule has 5 aromatic carbocycles. The number of hydrogen-bond acceptors (Lipinski definition) is 4. The molecule has 4 heteroatoms. The molecule has 0 radical (unpaired) electrons. The monoisotopic (exact) mass is 492 g/mol. The highest BCUT2D eigenvalue weighted by Gasteiger charge is 2.55. The summed E-state index contributed by atoms with van der Waals surface area (Å²) in [4.78, 5) is 2.45. The Morgan fingerprint density at radius 3 is 1.92 bits per heavy atom. The van der Waals surface area contributed by atoms with Gasteiger partial charge >= 0.3 is 0 Å². The zero-order chi connectivity index (χ0) is 25.4. The molecule has 0 spiro atoms. The van der Waals surface area contributed by atoms with Crippen LogP contribution in [0.1, 0.15) is 29.2 Å². The predicted molar refractivity (Wildman–Crippen MR) is 156 cm³/mol. The molecule has 0 bridgehead atoms. The lowest BCUT2D eigenvalue weighted by Gasteiger charge is -2.45. The minimum atomic E-state index is -0.617. The number of para-hydroxylation sites is 3. The number of nitrogens with one attached hydrogen (secondary N) is 1. The summed E-state index contributed by atoms with van der Waals surface area (Å²) in [5.41, 5.74) is 6.17. The average Bonchev–Trinajstić information content (AvgIpc) is 3.26. The number of benzene rings is 5. The SMILES string of the molecule is c1ccc(C2=NN(c3ccccc3)C3(c4ccccc4)CC(c4ccccc4)Nc4ccccc4N23)cc1. The predicted octanol–water partition coefficient (Wildman–Crippen LogP) is 7.78. The van der Waals surface area contributed by atoms with E-state index in [1.807, 2.05) is 0 Å². The summed E-state index contributed by atoms with van der Waals surface area (Å²) in [6, 6.07) is 51.3. The molecular formula is C34H28N4. The van der Waals surface area contributed by atoms with Crippen LogP contribution in [0.2, 0.25) is 0 Å². The summed E-state index contributed by atoms with van der Waals surface area (Å²) < 4.78 is 0. The van der Waals surface area contributed by atoms with Crippen molar-refractivity contribution in [3.8, 4) is 0 Å². The van der Waals surface area contributed by atoms with Gasteiger partial charge in [0.1, 0.15) is 0 Å². The molecule has 0 fully saturated rings. The molecule has 2 atom stereocenters. The Kier molecular flexibility index (Phi) is 5.44. The topological polar surface area (TPSA) is 30.9 Å². The van der Waals surface area contributed by atoms with E-state index in [-0.39, 0.29) is 6.04 Å². The van der Waals surface area contributed by atoms with Gasteiger partial charge in [-0.1, -0.05) is 121 Å². The highest BCUT2D eigenvalue weighted by atomic mass is 15.7. The van der Waals surface area contributed by atoms with Crippen LogP contribution < -0.4 is 15.2 Å². The quantitative estimate of drug-likeness (QED) is 0.278. The van der Waals surface area contributed by atoms with Crippen molar-refractivity contribution >= 4 is 22.9 Å². The Morgan fingerprint density at radius 1 is 0.632 bits per heavy atom. The van der Waals surface area contributed by atoms with Crippen molar-refractivity contribution < 1.29 is 0 Å². The van der Waals surface area contributed by atoms with Crippen LogP contribution in [0.4, 0.5) is 17.1 Å². The van der Waals surface area contributed by atoms with Crippen molar-refractivity contribution in [2.75, 3.05) is 15.2 Å². The van der Waals surface area contributed by atoms with E-state index in [0.717, 1.165) is 34.9 Å². The summed E-state index contributed by atoms with van der Waals surface area (Å²) in [6.45, 7) is 0. The van der Waals surface area contributed by atoms with Crippen LogP contribution in [0, 0.1) is 0 Å². The number of amidine groups is 1. The second-order valence-electron chi connectivity index (χ2n) is 9.78. The fourth-order valence-electron chi connectivity index (χ4n) is 5.87. The van der Waals surface area contributed by atoms with Crippen LogP contribution in [0.15, 0.2) is 151 Å². The van der Waals surface area contributed by atoms with E-state index in [1.54, 1.807) is 0 Å². The first-order chi connectivity index (χ1) is 18.8. The van der Waals surface area contributed by atoms with Gasteiger partial charge in [0.25, 0.3) is 0 Å². The highest BCUT2D eigenvalue weighted by molar-refractivity contribution is 6.15. The average molecular weight is 493 g/mol. The number of hydrazone groups is 1. The summed E-state index contributed by atoms with van der Waals surface area (Å²) >= 11 is 0. The van der Waals surface area contributed by atoms with Crippen molar-refractivity contribution in [2.24, 2.45) is 5.10 Å². The van der Waals surface area contributed by atoms with Crippen molar-refractivity contribution in [1.29, 1.82) is 0 Å². The molecule has 7 rings (SSSR count). The van der Waals surface area contributed by atoms with Crippen molar-refractivity contribution in [1.82, 2.24) is 0 Å². The van der Waals surface area contributed by atoms with Gasteiger partial charge in [-0.25, -0.2) is 5.01 Å². The fraction of sp³-hybridized carbons (Fsp3) is 0.0882. The molecule has 2 aliphatic rings. The van der Waals surface area contributed by atoms with Gasteiger partial charge in [-0.05, 0) is 29.8 Å². The lowest BCUT2D eigenvalue weighted by Crippen LogP contribution is -2.54. The number of anilines is 3. The smallest absolute Gasteiger partial charge is 0.168 e. The Morgan fingerprint density at radius 2 is 1.21 bits per heavy atom. The van der Waals surface area contributed by atoms with Crippen LogP contribution in [0.5, 0.6) is 0 Å². The number of hydrogen-bond donors (Lipinski definition) is 1. The number of fused-ring (bicyclic) bond motifs is 3. The Hall–Kier alpha value is -4.83. The summed E-state index contributed by atoms with van der Waals surface area (Å²) in [5.74, 6) is 0.932. The largest absolute Gasteiger partial charge is 0.376 e. The Labute approximate surface area is 223 Å². The van der Waals surface area contributed by atoms with Crippen LogP contribution in [-0.4, -0.2) is 5.84 Å². The van der Waals surface area contributed by atoms with Gasteiger partial charge in [0, 0.05) is 17.5 Å². The molecule has 4 nitrogen and oxygen atoms in total. The van der Waals surface area contributed by atoms with Crippen LogP contribution >= 0.6 is 0 Å². The molecule has 184 valence electrons. The van der Waals surface area contributed by atoms with Gasteiger partial charge in [0.15, 0.2) is 11.5 Å². The van der Waals surface area contributed by atoms with Crippen LogP contribution in [-0.2, 0) is 5.66 Å². The van der Waals surface area contributed by atoms with Gasteiger partial charge < -0.3 is 5.32 Å². The van der Waals surface area contributed by atoms with E-state index in [2.05, 4.69) is 161 Å². The third-order valence-electron chi connectivity index (χ3n) is 7.56. The van der Waals surface area contributed by atoms with Crippen LogP contribution in [0.3, 0.4) is 0 Å². The molecule has 5 aromatic rings. The lowest BCUT2D eigenvalue weighted by molar-refractivity contribution is 0.389. The first-order valence-corrected chi connectivity index (χ1v) is 13.1. The highest BCUT2D eigenvalue weighted by Crippen LogP contribution is 2.53. The second kappa shape index (κ2) is 9.24. The minimum absolute atomic E-state index is 0.0547. The first-order valence-electron chi connectivity index (χ1n) is 13.1. The molecule has 0 aliphatic carbocycles. The lowest BCUT2D eigenvalue weighted by atomic mass is 9.86. The summed E-state index contributed by atoms with van der Waals surface area (Å²) in [5, 5.41) is 11.6. The van der Waals surface area contributed by atoms with Crippen LogP contribution in [0.25, 0.3) is 0 Å². The van der Waals surface area contributed by atoms with Gasteiger partial charge in [0.2, 0.25) is 0 Å². The number of rotatable bonds is 4. The maximum atomic E-state index is 5.44. The van der Waals surface area contributed by atoms with Crippen molar-refractivity contribution in [2.45, 2.75) is 18.1 Å². The minimum Gasteiger partial charge on any atom is -0.376 e. The standard InChI is InChI=1S/C34H28N4/c1-5-15-26(16-6-1)31-25-34(28-19-9-3-10-20-28)37(32-24-14-13-23-30(32)35-31)33(27-17-7-2-8-18-27)36-38(34)29-21-11-4-12-22-29/h1-24,31,35H,25H2. The molecule has 0 amide bonds. The molecule has 2 heterocycles. The maximum absolute atomic E-state index is 5.44. The van der Waals surface area contributed by atoms with Crippen molar-refractivity contribution in [3.05, 3.63) is 162 Å². The zero-order valence-electron chi connectivity index (χ0n) is 21.0. The van der Waals surface area contributed by atoms with E-state index < -0.39 is 5.66 Å². The van der Waals surface area contributed by atoms with E-state index in [1.165, 1.54) is 11.1 Å². The third-order valence-corrected chi connectivity index (χ3v) is 7.56. The normalized spacial score (nSPS) is 20.1. The molecule has 0 saturated carbocycles. The van der Waals surface area contributed by atoms with E-state index in [4.69, 9.17) is 5.10 Å². The third kappa shape index (κ3) is 3.57. The molecule has 2 aliphatic heterocycles. The van der Waals surface area contributed by atoms with Gasteiger partial charge in [0.05, 0.1) is 23.1 Å². The van der Waals surface area contributed by atoms with Gasteiger partial charge in [-0.3, -0.25) is 4.90 Å². The summed E-state index contributed by atoms with van der Waals surface area (Å²) in [7, 11) is 0. The number of nitrogens with zero attached hydrogens (tertiary/aromatic N) is 3. The van der Waals surface area contributed by atoms with E-state index >= 15 is 0 Å². The van der Waals surface area contributed by atoms with Gasteiger partial charge in [-0.15, -0.1) is 0 Å². The molecule has 2 unspecified atom stereocenters. The van der Waals surface area contributed by atoms with E-state index in [9.17, 15) is 0 Å². The molecular weight excluding hydrogens is 464 g/mol. The van der Waals surface area contributed by atoms with Crippen molar-refractivity contribution in [3.63, 3.8) is 0 Å².